The molecule has 0 aromatic carbocycles. The number of esters is 1. The third-order valence-electron chi connectivity index (χ3n) is 2.59. The fourth-order valence-corrected chi connectivity index (χ4v) is 1.63. The van der Waals surface area contributed by atoms with Crippen molar-refractivity contribution >= 4 is 5.97 Å². The zero-order valence-corrected chi connectivity index (χ0v) is 10.5. The van der Waals surface area contributed by atoms with E-state index in [2.05, 4.69) is 11.8 Å². The van der Waals surface area contributed by atoms with Crippen LogP contribution < -0.4 is 0 Å². The summed E-state index contributed by atoms with van der Waals surface area (Å²) >= 11 is 0. The normalized spacial score (nSPS) is 19.3. The predicted molar refractivity (Wildman–Crippen MR) is 63.3 cm³/mol. The van der Waals surface area contributed by atoms with E-state index in [1.54, 1.807) is 0 Å². The third-order valence-corrected chi connectivity index (χ3v) is 2.59. The molecule has 0 aromatic heterocycles. The molecule has 0 N–H and O–H groups in total. The Kier molecular flexibility index (Phi) is 5.15. The number of hydrogen-bond donors (Lipinski definition) is 0. The molecule has 4 nitrogen and oxygen atoms in total. The van der Waals surface area contributed by atoms with Gasteiger partial charge in [-0.15, -0.1) is 0 Å². The summed E-state index contributed by atoms with van der Waals surface area (Å²) in [6.07, 6.45) is 7.26. The highest BCUT2D eigenvalue weighted by atomic mass is 16.6. The second-order valence-corrected chi connectivity index (χ2v) is 4.12. The lowest BCUT2D eigenvalue weighted by molar-refractivity contribution is -0.167. The standard InChI is InChI=1S/C12H22N2O2/c1-4-6-8-14-10-9-13(3)12(14)16-11(15)7-5-2/h9-10,12H,4-8H2,1-3H3. The van der Waals surface area contributed by atoms with Crippen molar-refractivity contribution in [1.29, 1.82) is 0 Å². The summed E-state index contributed by atoms with van der Waals surface area (Å²) in [6, 6.07) is 0. The van der Waals surface area contributed by atoms with E-state index in [0.29, 0.717) is 6.42 Å². The molecule has 0 amide bonds. The monoisotopic (exact) mass is 226 g/mol. The second kappa shape index (κ2) is 6.40. The van der Waals surface area contributed by atoms with Gasteiger partial charge < -0.3 is 14.5 Å². The summed E-state index contributed by atoms with van der Waals surface area (Å²) in [5, 5.41) is 0. The minimum Gasteiger partial charge on any atom is -0.422 e. The molecule has 0 saturated carbocycles. The van der Waals surface area contributed by atoms with Crippen LogP contribution >= 0.6 is 0 Å². The van der Waals surface area contributed by atoms with Crippen LogP contribution in [0.15, 0.2) is 12.4 Å². The SMILES string of the molecule is CCCCN1C=CN(C)C1OC(=O)CCC. The third kappa shape index (κ3) is 3.43. The van der Waals surface area contributed by atoms with Gasteiger partial charge >= 0.3 is 5.97 Å². The minimum atomic E-state index is -0.245. The number of rotatable bonds is 6. The highest BCUT2D eigenvalue weighted by Crippen LogP contribution is 2.16. The lowest BCUT2D eigenvalue weighted by atomic mass is 10.3. The molecular weight excluding hydrogens is 204 g/mol. The summed E-state index contributed by atoms with van der Waals surface area (Å²) in [7, 11) is 1.92. The van der Waals surface area contributed by atoms with Crippen molar-refractivity contribution in [2.24, 2.45) is 0 Å². The first-order valence-electron chi connectivity index (χ1n) is 6.04. The maximum Gasteiger partial charge on any atom is 0.309 e. The molecule has 0 saturated heterocycles. The van der Waals surface area contributed by atoms with Gasteiger partial charge in [-0.05, 0) is 12.8 Å². The largest absolute Gasteiger partial charge is 0.422 e. The van der Waals surface area contributed by atoms with Crippen molar-refractivity contribution in [1.82, 2.24) is 9.80 Å². The fraction of sp³-hybridized carbons (Fsp3) is 0.750. The molecule has 1 aliphatic rings. The molecule has 0 radical (unpaired) electrons. The quantitative estimate of drug-likeness (QED) is 0.650. The topological polar surface area (TPSA) is 32.8 Å². The summed E-state index contributed by atoms with van der Waals surface area (Å²) in [6.45, 7) is 5.07. The van der Waals surface area contributed by atoms with E-state index in [1.807, 2.05) is 31.3 Å². The first-order chi connectivity index (χ1) is 7.69. The maximum atomic E-state index is 11.5. The molecule has 92 valence electrons. The average Bonchev–Trinajstić information content (AvgIpc) is 2.58. The Morgan fingerprint density at radius 2 is 2.06 bits per heavy atom. The van der Waals surface area contributed by atoms with E-state index in [1.165, 1.54) is 0 Å². The molecule has 0 aromatic rings. The van der Waals surface area contributed by atoms with Crippen LogP contribution in [-0.2, 0) is 9.53 Å². The number of carbonyl (C=O) groups is 1. The molecule has 1 atom stereocenters. The maximum absolute atomic E-state index is 11.5. The molecule has 0 bridgehead atoms. The summed E-state index contributed by atoms with van der Waals surface area (Å²) in [5.74, 6) is -0.121. The Labute approximate surface area is 97.9 Å². The lowest BCUT2D eigenvalue weighted by Crippen LogP contribution is -2.40. The van der Waals surface area contributed by atoms with Gasteiger partial charge in [-0.25, -0.2) is 0 Å². The predicted octanol–water partition coefficient (Wildman–Crippen LogP) is 2.13. The van der Waals surface area contributed by atoms with Crippen LogP contribution in [0, 0.1) is 0 Å². The van der Waals surface area contributed by atoms with Crippen molar-refractivity contribution in [3.8, 4) is 0 Å². The molecule has 1 rings (SSSR count). The molecule has 0 spiro atoms. The van der Waals surface area contributed by atoms with E-state index in [9.17, 15) is 4.79 Å². The second-order valence-electron chi connectivity index (χ2n) is 4.12. The van der Waals surface area contributed by atoms with E-state index in [-0.39, 0.29) is 12.3 Å². The summed E-state index contributed by atoms with van der Waals surface area (Å²) in [5.41, 5.74) is 0. The molecule has 1 aliphatic heterocycles. The first kappa shape index (κ1) is 12.9. The highest BCUT2D eigenvalue weighted by molar-refractivity contribution is 5.69. The van der Waals surface area contributed by atoms with E-state index < -0.39 is 0 Å². The zero-order valence-electron chi connectivity index (χ0n) is 10.5. The number of nitrogens with zero attached hydrogens (tertiary/aromatic N) is 2. The van der Waals surface area contributed by atoms with Crippen molar-refractivity contribution in [3.05, 3.63) is 12.4 Å². The minimum absolute atomic E-state index is 0.121. The van der Waals surface area contributed by atoms with E-state index >= 15 is 0 Å². The van der Waals surface area contributed by atoms with Gasteiger partial charge in [0.2, 0.25) is 0 Å². The molecule has 1 unspecified atom stereocenters. The van der Waals surface area contributed by atoms with Crippen molar-refractivity contribution in [2.75, 3.05) is 13.6 Å². The van der Waals surface area contributed by atoms with Gasteiger partial charge in [0, 0.05) is 32.4 Å². The molecule has 4 heteroatoms. The van der Waals surface area contributed by atoms with Crippen LogP contribution in [0.3, 0.4) is 0 Å². The molecule has 16 heavy (non-hydrogen) atoms. The van der Waals surface area contributed by atoms with Crippen LogP contribution in [0.2, 0.25) is 0 Å². The van der Waals surface area contributed by atoms with Crippen LogP contribution in [-0.4, -0.2) is 35.7 Å². The average molecular weight is 226 g/mol. The van der Waals surface area contributed by atoms with Gasteiger partial charge in [0.05, 0.1) is 0 Å². The summed E-state index contributed by atoms with van der Waals surface area (Å²) < 4.78 is 5.42. The smallest absolute Gasteiger partial charge is 0.309 e. The molecule has 0 aliphatic carbocycles. The van der Waals surface area contributed by atoms with Crippen LogP contribution in [0.5, 0.6) is 0 Å². The van der Waals surface area contributed by atoms with Crippen LogP contribution in [0.4, 0.5) is 0 Å². The van der Waals surface area contributed by atoms with E-state index in [0.717, 1.165) is 25.8 Å². The molecule has 0 fully saturated rings. The Morgan fingerprint density at radius 3 is 2.69 bits per heavy atom. The van der Waals surface area contributed by atoms with Gasteiger partial charge in [0.15, 0.2) is 0 Å². The van der Waals surface area contributed by atoms with Gasteiger partial charge in [-0.1, -0.05) is 20.3 Å². The van der Waals surface area contributed by atoms with Crippen LogP contribution in [0.1, 0.15) is 39.5 Å². The Balaban J connectivity index is 2.45. The Hall–Kier alpha value is -1.19. The highest BCUT2D eigenvalue weighted by Gasteiger charge is 2.26. The van der Waals surface area contributed by atoms with Gasteiger partial charge in [0.25, 0.3) is 6.35 Å². The first-order valence-corrected chi connectivity index (χ1v) is 6.04. The Bertz CT molecular complexity index is 253. The van der Waals surface area contributed by atoms with E-state index in [4.69, 9.17) is 4.74 Å². The van der Waals surface area contributed by atoms with Gasteiger partial charge in [0.1, 0.15) is 0 Å². The fourth-order valence-electron chi connectivity index (χ4n) is 1.63. The van der Waals surface area contributed by atoms with Crippen LogP contribution in [0.25, 0.3) is 0 Å². The number of ether oxygens (including phenoxy) is 1. The number of unbranched alkanes of at least 4 members (excludes halogenated alkanes) is 1. The van der Waals surface area contributed by atoms with Gasteiger partial charge in [-0.2, -0.15) is 0 Å². The Morgan fingerprint density at radius 1 is 1.31 bits per heavy atom. The molecule has 1 heterocycles. The molecular formula is C12H22N2O2. The van der Waals surface area contributed by atoms with Crippen molar-refractivity contribution < 1.29 is 9.53 Å². The lowest BCUT2D eigenvalue weighted by Gasteiger charge is -2.29. The van der Waals surface area contributed by atoms with Crippen molar-refractivity contribution in [3.63, 3.8) is 0 Å². The zero-order chi connectivity index (χ0) is 12.0. The van der Waals surface area contributed by atoms with Gasteiger partial charge in [-0.3, -0.25) is 4.79 Å². The summed E-state index contributed by atoms with van der Waals surface area (Å²) in [4.78, 5) is 15.4. The number of hydrogen-bond acceptors (Lipinski definition) is 4. The number of carbonyl (C=O) groups excluding carboxylic acids is 1. The van der Waals surface area contributed by atoms with Crippen molar-refractivity contribution in [2.45, 2.75) is 45.9 Å².